The molecule has 2 unspecified atom stereocenters. The van der Waals surface area contributed by atoms with E-state index in [0.717, 1.165) is 13.1 Å². The Morgan fingerprint density at radius 1 is 1.32 bits per heavy atom. The first-order valence-electron chi connectivity index (χ1n) is 8.51. The molecule has 1 aliphatic rings. The van der Waals surface area contributed by atoms with Crippen molar-refractivity contribution in [3.05, 3.63) is 34.4 Å². The van der Waals surface area contributed by atoms with Gasteiger partial charge >= 0.3 is 0 Å². The van der Waals surface area contributed by atoms with E-state index in [-0.39, 0.29) is 5.91 Å². The Morgan fingerprint density at radius 2 is 2.00 bits per heavy atom. The van der Waals surface area contributed by atoms with Gasteiger partial charge in [-0.05, 0) is 75.2 Å². The van der Waals surface area contributed by atoms with E-state index in [1.807, 2.05) is 0 Å². The summed E-state index contributed by atoms with van der Waals surface area (Å²) in [7, 11) is 0. The molecule has 1 amide bonds. The highest BCUT2D eigenvalue weighted by molar-refractivity contribution is 5.76. The molecule has 1 heterocycles. The van der Waals surface area contributed by atoms with Crippen LogP contribution in [0.15, 0.2) is 12.1 Å². The van der Waals surface area contributed by atoms with Crippen LogP contribution in [-0.4, -0.2) is 19.0 Å². The SMILES string of the molecule is Cc1cc(C)c(CNC(=O)CC(C)C2CCCNC2)c(C)c1. The van der Waals surface area contributed by atoms with E-state index in [1.165, 1.54) is 35.1 Å². The van der Waals surface area contributed by atoms with Gasteiger partial charge in [-0.3, -0.25) is 4.79 Å². The maximum absolute atomic E-state index is 12.2. The Morgan fingerprint density at radius 3 is 2.59 bits per heavy atom. The lowest BCUT2D eigenvalue weighted by molar-refractivity contribution is -0.122. The van der Waals surface area contributed by atoms with E-state index < -0.39 is 0 Å². The van der Waals surface area contributed by atoms with Crippen LogP contribution in [0.1, 0.15) is 48.4 Å². The van der Waals surface area contributed by atoms with Crippen LogP contribution in [0.25, 0.3) is 0 Å². The van der Waals surface area contributed by atoms with Gasteiger partial charge in [0.2, 0.25) is 5.91 Å². The van der Waals surface area contributed by atoms with Crippen LogP contribution in [-0.2, 0) is 11.3 Å². The maximum Gasteiger partial charge on any atom is 0.220 e. The summed E-state index contributed by atoms with van der Waals surface area (Å²) in [6.07, 6.45) is 3.12. The smallest absolute Gasteiger partial charge is 0.220 e. The molecule has 0 bridgehead atoms. The van der Waals surface area contributed by atoms with Crippen molar-refractivity contribution >= 4 is 5.91 Å². The van der Waals surface area contributed by atoms with Gasteiger partial charge < -0.3 is 10.6 Å². The lowest BCUT2D eigenvalue weighted by Gasteiger charge is -2.28. The monoisotopic (exact) mass is 302 g/mol. The Labute approximate surface area is 134 Å². The number of carbonyl (C=O) groups excluding carboxylic acids is 1. The fourth-order valence-electron chi connectivity index (χ4n) is 3.57. The van der Waals surface area contributed by atoms with Crippen LogP contribution >= 0.6 is 0 Å². The summed E-state index contributed by atoms with van der Waals surface area (Å²) in [6.45, 7) is 11.4. The molecule has 0 radical (unpaired) electrons. The third kappa shape index (κ3) is 4.57. The molecule has 1 aliphatic heterocycles. The van der Waals surface area contributed by atoms with Crippen molar-refractivity contribution in [2.45, 2.75) is 53.5 Å². The highest BCUT2D eigenvalue weighted by Crippen LogP contribution is 2.22. The van der Waals surface area contributed by atoms with Crippen LogP contribution < -0.4 is 10.6 Å². The van der Waals surface area contributed by atoms with Gasteiger partial charge in [-0.15, -0.1) is 0 Å². The molecule has 3 nitrogen and oxygen atoms in total. The fraction of sp³-hybridized carbons (Fsp3) is 0.632. The molecule has 1 aromatic rings. The Bertz CT molecular complexity index is 495. The lowest BCUT2D eigenvalue weighted by atomic mass is 9.85. The molecule has 0 spiro atoms. The summed E-state index contributed by atoms with van der Waals surface area (Å²) in [4.78, 5) is 12.2. The number of piperidine rings is 1. The van der Waals surface area contributed by atoms with Crippen molar-refractivity contribution in [2.24, 2.45) is 11.8 Å². The molecular weight excluding hydrogens is 272 g/mol. The van der Waals surface area contributed by atoms with Crippen LogP contribution in [0.3, 0.4) is 0 Å². The first-order valence-corrected chi connectivity index (χ1v) is 8.51. The predicted molar refractivity (Wildman–Crippen MR) is 91.9 cm³/mol. The molecular formula is C19H30N2O. The molecule has 0 aromatic heterocycles. The molecule has 1 aromatic carbocycles. The molecule has 122 valence electrons. The van der Waals surface area contributed by atoms with Crippen molar-refractivity contribution in [1.82, 2.24) is 10.6 Å². The van der Waals surface area contributed by atoms with Gasteiger partial charge in [0.05, 0.1) is 0 Å². The molecule has 2 atom stereocenters. The topological polar surface area (TPSA) is 41.1 Å². The second-order valence-electron chi connectivity index (χ2n) is 6.94. The number of hydrogen-bond donors (Lipinski definition) is 2. The van der Waals surface area contributed by atoms with Gasteiger partial charge in [0, 0.05) is 13.0 Å². The maximum atomic E-state index is 12.2. The van der Waals surface area contributed by atoms with Crippen LogP contribution in [0.4, 0.5) is 0 Å². The number of rotatable bonds is 5. The highest BCUT2D eigenvalue weighted by Gasteiger charge is 2.22. The summed E-state index contributed by atoms with van der Waals surface area (Å²) in [6, 6.07) is 4.37. The van der Waals surface area contributed by atoms with E-state index in [4.69, 9.17) is 0 Å². The summed E-state index contributed by atoms with van der Waals surface area (Å²) in [5.41, 5.74) is 5.07. The molecule has 0 aliphatic carbocycles. The van der Waals surface area contributed by atoms with Crippen molar-refractivity contribution in [1.29, 1.82) is 0 Å². The van der Waals surface area contributed by atoms with Gasteiger partial charge in [-0.2, -0.15) is 0 Å². The third-order valence-electron chi connectivity index (χ3n) is 4.95. The van der Waals surface area contributed by atoms with E-state index >= 15 is 0 Å². The van der Waals surface area contributed by atoms with Gasteiger partial charge in [-0.25, -0.2) is 0 Å². The lowest BCUT2D eigenvalue weighted by Crippen LogP contribution is -2.35. The molecule has 1 fully saturated rings. The average molecular weight is 302 g/mol. The molecule has 22 heavy (non-hydrogen) atoms. The number of carbonyl (C=O) groups is 1. The van der Waals surface area contributed by atoms with Crippen LogP contribution in [0, 0.1) is 32.6 Å². The number of hydrogen-bond acceptors (Lipinski definition) is 2. The van der Waals surface area contributed by atoms with E-state index in [9.17, 15) is 4.79 Å². The molecule has 3 heteroatoms. The van der Waals surface area contributed by atoms with Gasteiger partial charge in [0.15, 0.2) is 0 Å². The van der Waals surface area contributed by atoms with Gasteiger partial charge in [0.1, 0.15) is 0 Å². The normalized spacial score (nSPS) is 19.7. The number of amides is 1. The minimum atomic E-state index is 0.178. The predicted octanol–water partition coefficient (Wildman–Crippen LogP) is 3.25. The van der Waals surface area contributed by atoms with Crippen molar-refractivity contribution in [2.75, 3.05) is 13.1 Å². The minimum Gasteiger partial charge on any atom is -0.352 e. The zero-order chi connectivity index (χ0) is 16.1. The Hall–Kier alpha value is -1.35. The zero-order valence-corrected chi connectivity index (χ0v) is 14.5. The van der Waals surface area contributed by atoms with Crippen molar-refractivity contribution in [3.63, 3.8) is 0 Å². The Balaban J connectivity index is 1.85. The molecule has 2 rings (SSSR count). The second kappa shape index (κ2) is 7.77. The van der Waals surface area contributed by atoms with Crippen molar-refractivity contribution in [3.8, 4) is 0 Å². The second-order valence-corrected chi connectivity index (χ2v) is 6.94. The number of aryl methyl sites for hydroxylation is 3. The van der Waals surface area contributed by atoms with Crippen LogP contribution in [0.5, 0.6) is 0 Å². The number of benzene rings is 1. The van der Waals surface area contributed by atoms with Crippen molar-refractivity contribution < 1.29 is 4.79 Å². The highest BCUT2D eigenvalue weighted by atomic mass is 16.1. The molecule has 1 saturated heterocycles. The summed E-state index contributed by atoms with van der Waals surface area (Å²) in [5, 5.41) is 6.55. The van der Waals surface area contributed by atoms with E-state index in [1.54, 1.807) is 0 Å². The van der Waals surface area contributed by atoms with Crippen LogP contribution in [0.2, 0.25) is 0 Å². The molecule has 2 N–H and O–H groups in total. The first-order chi connectivity index (χ1) is 10.5. The summed E-state index contributed by atoms with van der Waals surface area (Å²) < 4.78 is 0. The van der Waals surface area contributed by atoms with Gasteiger partial charge in [0.25, 0.3) is 0 Å². The zero-order valence-electron chi connectivity index (χ0n) is 14.5. The number of nitrogens with one attached hydrogen (secondary N) is 2. The quantitative estimate of drug-likeness (QED) is 0.876. The average Bonchev–Trinajstić information content (AvgIpc) is 2.47. The van der Waals surface area contributed by atoms with E-state index in [2.05, 4.69) is 50.5 Å². The first kappa shape index (κ1) is 17.0. The minimum absolute atomic E-state index is 0.178. The summed E-state index contributed by atoms with van der Waals surface area (Å²) in [5.74, 6) is 1.27. The standard InChI is InChI=1S/C19H30N2O/c1-13-8-15(3)18(16(4)9-13)12-21-19(22)10-14(2)17-6-5-7-20-11-17/h8-9,14,17,20H,5-7,10-12H2,1-4H3,(H,21,22). The summed E-state index contributed by atoms with van der Waals surface area (Å²) >= 11 is 0. The fourth-order valence-corrected chi connectivity index (χ4v) is 3.57. The third-order valence-corrected chi connectivity index (χ3v) is 4.95. The Kier molecular flexibility index (Phi) is 6.01. The molecule has 0 saturated carbocycles. The largest absolute Gasteiger partial charge is 0.352 e. The van der Waals surface area contributed by atoms with E-state index in [0.29, 0.717) is 24.8 Å². The van der Waals surface area contributed by atoms with Gasteiger partial charge in [-0.1, -0.05) is 24.6 Å².